The van der Waals surface area contributed by atoms with Crippen LogP contribution in [0.3, 0.4) is 0 Å². The highest BCUT2D eigenvalue weighted by Gasteiger charge is 2.18. The molecule has 0 radical (unpaired) electrons. The third-order valence-electron chi connectivity index (χ3n) is 3.08. The number of aromatic nitrogens is 2. The minimum atomic E-state index is -0.131. The van der Waals surface area contributed by atoms with E-state index in [4.69, 9.17) is 10.3 Å². The van der Waals surface area contributed by atoms with Gasteiger partial charge < -0.3 is 10.3 Å². The molecule has 2 N–H and O–H groups in total. The second kappa shape index (κ2) is 4.75. The maximum atomic E-state index is 5.68. The van der Waals surface area contributed by atoms with E-state index >= 15 is 0 Å². The van der Waals surface area contributed by atoms with Crippen molar-refractivity contribution in [2.75, 3.05) is 0 Å². The lowest BCUT2D eigenvalue weighted by atomic mass is 9.87. The van der Waals surface area contributed by atoms with Crippen molar-refractivity contribution in [1.82, 2.24) is 10.1 Å². The molecule has 1 saturated carbocycles. The molecule has 0 spiro atoms. The van der Waals surface area contributed by atoms with Gasteiger partial charge in [0.05, 0.1) is 6.04 Å². The number of nitrogens with two attached hydrogens (primary N) is 1. The lowest BCUT2D eigenvalue weighted by molar-refractivity contribution is 0.303. The molecule has 0 aliphatic heterocycles. The van der Waals surface area contributed by atoms with Gasteiger partial charge in [-0.1, -0.05) is 24.4 Å². The van der Waals surface area contributed by atoms with Gasteiger partial charge in [0.1, 0.15) is 0 Å². The smallest absolute Gasteiger partial charge is 0.226 e. The van der Waals surface area contributed by atoms with Crippen LogP contribution in [0.5, 0.6) is 0 Å². The van der Waals surface area contributed by atoms with Gasteiger partial charge in [0.25, 0.3) is 0 Å². The van der Waals surface area contributed by atoms with E-state index in [0.717, 1.165) is 18.2 Å². The van der Waals surface area contributed by atoms with Crippen molar-refractivity contribution in [3.05, 3.63) is 11.7 Å². The number of hydrogen-bond donors (Lipinski definition) is 1. The van der Waals surface area contributed by atoms with Crippen molar-refractivity contribution in [3.8, 4) is 0 Å². The summed E-state index contributed by atoms with van der Waals surface area (Å²) in [5.41, 5.74) is 5.68. The molecule has 1 aliphatic rings. The monoisotopic (exact) mass is 209 g/mol. The van der Waals surface area contributed by atoms with E-state index in [9.17, 15) is 0 Å². The highest BCUT2D eigenvalue weighted by Crippen LogP contribution is 2.26. The van der Waals surface area contributed by atoms with Crippen LogP contribution in [0.2, 0.25) is 0 Å². The fourth-order valence-electron chi connectivity index (χ4n) is 2.17. The van der Waals surface area contributed by atoms with Crippen molar-refractivity contribution in [2.24, 2.45) is 11.7 Å². The third-order valence-corrected chi connectivity index (χ3v) is 3.08. The Morgan fingerprint density at radius 1 is 1.40 bits per heavy atom. The molecule has 1 aromatic rings. The van der Waals surface area contributed by atoms with E-state index in [1.54, 1.807) is 0 Å². The first kappa shape index (κ1) is 10.6. The van der Waals surface area contributed by atoms with Crippen molar-refractivity contribution >= 4 is 0 Å². The summed E-state index contributed by atoms with van der Waals surface area (Å²) in [5, 5.41) is 3.87. The maximum absolute atomic E-state index is 5.68. The zero-order valence-corrected chi connectivity index (χ0v) is 9.28. The van der Waals surface area contributed by atoms with E-state index in [1.807, 2.05) is 6.92 Å². The third kappa shape index (κ3) is 2.78. The van der Waals surface area contributed by atoms with E-state index in [0.29, 0.717) is 5.82 Å². The molecule has 1 heterocycles. The quantitative estimate of drug-likeness (QED) is 0.829. The van der Waals surface area contributed by atoms with Crippen LogP contribution in [0.1, 0.15) is 56.8 Å². The second-order valence-corrected chi connectivity index (χ2v) is 4.54. The predicted octanol–water partition coefficient (Wildman–Crippen LogP) is 2.21. The Labute approximate surface area is 90.2 Å². The minimum absolute atomic E-state index is 0.131. The predicted molar refractivity (Wildman–Crippen MR) is 57.2 cm³/mol. The highest BCUT2D eigenvalue weighted by molar-refractivity contribution is 4.92. The van der Waals surface area contributed by atoms with Crippen molar-refractivity contribution in [3.63, 3.8) is 0 Å². The Morgan fingerprint density at radius 2 is 2.13 bits per heavy atom. The number of hydrogen-bond acceptors (Lipinski definition) is 4. The Morgan fingerprint density at radius 3 is 2.73 bits per heavy atom. The summed E-state index contributed by atoms with van der Waals surface area (Å²) in [6.45, 7) is 1.87. The molecule has 0 aromatic carbocycles. The van der Waals surface area contributed by atoms with Gasteiger partial charge in [0, 0.05) is 6.42 Å². The summed E-state index contributed by atoms with van der Waals surface area (Å²) in [6.07, 6.45) is 7.61. The fraction of sp³-hybridized carbons (Fsp3) is 0.818. The molecule has 4 heteroatoms. The lowest BCUT2D eigenvalue weighted by Crippen LogP contribution is -2.10. The molecule has 0 saturated heterocycles. The van der Waals surface area contributed by atoms with Crippen LogP contribution in [-0.2, 0) is 6.42 Å². The summed E-state index contributed by atoms with van der Waals surface area (Å²) >= 11 is 0. The van der Waals surface area contributed by atoms with Crippen LogP contribution in [0.4, 0.5) is 0 Å². The van der Waals surface area contributed by atoms with Crippen molar-refractivity contribution < 1.29 is 4.52 Å². The molecular formula is C11H19N3O. The Balaban J connectivity index is 1.91. The molecule has 1 aliphatic carbocycles. The first-order chi connectivity index (χ1) is 7.25. The Bertz CT molecular complexity index is 303. The summed E-state index contributed by atoms with van der Waals surface area (Å²) in [6, 6.07) is -0.131. The van der Waals surface area contributed by atoms with Gasteiger partial charge >= 0.3 is 0 Å². The largest absolute Gasteiger partial charge is 0.339 e. The Kier molecular flexibility index (Phi) is 3.36. The number of rotatable bonds is 3. The van der Waals surface area contributed by atoms with E-state index in [2.05, 4.69) is 10.1 Å². The van der Waals surface area contributed by atoms with E-state index in [-0.39, 0.29) is 6.04 Å². The van der Waals surface area contributed by atoms with Crippen LogP contribution in [0.15, 0.2) is 4.52 Å². The standard InChI is InChI=1S/C11H19N3O/c1-8(12)11-13-10(15-14-11)7-9-5-3-2-4-6-9/h8-9H,2-7,12H2,1H3. The second-order valence-electron chi connectivity index (χ2n) is 4.54. The van der Waals surface area contributed by atoms with E-state index < -0.39 is 0 Å². The Hall–Kier alpha value is -0.900. The van der Waals surface area contributed by atoms with Crippen LogP contribution in [0, 0.1) is 5.92 Å². The zero-order valence-electron chi connectivity index (χ0n) is 9.28. The van der Waals surface area contributed by atoms with Crippen LogP contribution in [-0.4, -0.2) is 10.1 Å². The summed E-state index contributed by atoms with van der Waals surface area (Å²) < 4.78 is 5.19. The van der Waals surface area contributed by atoms with Crippen LogP contribution >= 0.6 is 0 Å². The molecule has 0 amide bonds. The SMILES string of the molecule is CC(N)c1noc(CC2CCCCC2)n1. The van der Waals surface area contributed by atoms with Gasteiger partial charge in [-0.3, -0.25) is 0 Å². The summed E-state index contributed by atoms with van der Waals surface area (Å²) in [4.78, 5) is 4.30. The first-order valence-corrected chi connectivity index (χ1v) is 5.84. The molecule has 1 atom stereocenters. The molecule has 0 bridgehead atoms. The normalized spacial score (nSPS) is 20.4. The van der Waals surface area contributed by atoms with Gasteiger partial charge in [-0.25, -0.2) is 0 Å². The van der Waals surface area contributed by atoms with Gasteiger partial charge in [0.2, 0.25) is 5.89 Å². The molecule has 1 aromatic heterocycles. The summed E-state index contributed by atoms with van der Waals surface area (Å²) in [5.74, 6) is 2.12. The molecule has 1 unspecified atom stereocenters. The summed E-state index contributed by atoms with van der Waals surface area (Å²) in [7, 11) is 0. The highest BCUT2D eigenvalue weighted by atomic mass is 16.5. The average molecular weight is 209 g/mol. The zero-order chi connectivity index (χ0) is 10.7. The lowest BCUT2D eigenvalue weighted by Gasteiger charge is -2.19. The van der Waals surface area contributed by atoms with Gasteiger partial charge in [-0.2, -0.15) is 4.98 Å². The van der Waals surface area contributed by atoms with E-state index in [1.165, 1.54) is 32.1 Å². The van der Waals surface area contributed by atoms with Crippen molar-refractivity contribution in [1.29, 1.82) is 0 Å². The van der Waals surface area contributed by atoms with Crippen LogP contribution < -0.4 is 5.73 Å². The van der Waals surface area contributed by atoms with Gasteiger partial charge in [-0.05, 0) is 25.7 Å². The fourth-order valence-corrected chi connectivity index (χ4v) is 2.17. The van der Waals surface area contributed by atoms with Gasteiger partial charge in [0.15, 0.2) is 5.82 Å². The molecule has 2 rings (SSSR count). The molecule has 84 valence electrons. The topological polar surface area (TPSA) is 64.9 Å². The average Bonchev–Trinajstić information content (AvgIpc) is 2.68. The molecule has 15 heavy (non-hydrogen) atoms. The van der Waals surface area contributed by atoms with Crippen LogP contribution in [0.25, 0.3) is 0 Å². The first-order valence-electron chi connectivity index (χ1n) is 5.84. The minimum Gasteiger partial charge on any atom is -0.339 e. The molecule has 1 fully saturated rings. The van der Waals surface area contributed by atoms with Crippen molar-refractivity contribution in [2.45, 2.75) is 51.5 Å². The maximum Gasteiger partial charge on any atom is 0.226 e. The molecular weight excluding hydrogens is 190 g/mol. The molecule has 4 nitrogen and oxygen atoms in total. The number of nitrogens with zero attached hydrogens (tertiary/aromatic N) is 2. The van der Waals surface area contributed by atoms with Gasteiger partial charge in [-0.15, -0.1) is 0 Å².